The lowest BCUT2D eigenvalue weighted by Crippen LogP contribution is -2.44. The van der Waals surface area contributed by atoms with E-state index in [0.29, 0.717) is 37.7 Å². The summed E-state index contributed by atoms with van der Waals surface area (Å²) in [6, 6.07) is 23.7. The topological polar surface area (TPSA) is 101 Å². The lowest BCUT2D eigenvalue weighted by Gasteiger charge is -2.31. The highest BCUT2D eigenvalue weighted by molar-refractivity contribution is 5.93. The van der Waals surface area contributed by atoms with E-state index in [2.05, 4.69) is 63.7 Å². The van der Waals surface area contributed by atoms with Crippen molar-refractivity contribution in [2.45, 2.75) is 12.3 Å². The molecule has 36 heavy (non-hydrogen) atoms. The Balaban J connectivity index is 1.48. The Morgan fingerprint density at radius 2 is 1.58 bits per heavy atom. The van der Waals surface area contributed by atoms with E-state index in [9.17, 15) is 9.59 Å². The summed E-state index contributed by atoms with van der Waals surface area (Å²) in [6.07, 6.45) is 2.15. The summed E-state index contributed by atoms with van der Waals surface area (Å²) in [5.74, 6) is -0.0107. The number of hydrogen-bond acceptors (Lipinski definition) is 5. The number of pyridine rings is 1. The molecular formula is C28H33N5O3. The average Bonchev–Trinajstić information content (AvgIpc) is 2.92. The fraction of sp³-hybridized carbons (Fsp3) is 0.321. The van der Waals surface area contributed by atoms with E-state index in [1.807, 2.05) is 17.0 Å². The molecule has 0 atom stereocenters. The summed E-state index contributed by atoms with van der Waals surface area (Å²) < 4.78 is 5.46. The number of nitrogens with two attached hydrogens (primary N) is 1. The number of rotatable bonds is 10. The second-order valence-electron chi connectivity index (χ2n) is 8.83. The molecule has 1 aliphatic heterocycles. The van der Waals surface area contributed by atoms with Crippen LogP contribution in [-0.4, -0.2) is 72.7 Å². The number of anilines is 1. The van der Waals surface area contributed by atoms with Crippen molar-refractivity contribution in [1.29, 1.82) is 0 Å². The van der Waals surface area contributed by atoms with Gasteiger partial charge >= 0.3 is 6.03 Å². The lowest BCUT2D eigenvalue weighted by atomic mass is 9.88. The Morgan fingerprint density at radius 1 is 0.944 bits per heavy atom. The van der Waals surface area contributed by atoms with Crippen LogP contribution in [0.1, 0.15) is 33.8 Å². The molecule has 2 heterocycles. The van der Waals surface area contributed by atoms with E-state index in [-0.39, 0.29) is 11.9 Å². The first kappa shape index (κ1) is 25.3. The molecule has 2 aromatic carbocycles. The number of nitrogens with one attached hydrogen (secondary N) is 1. The number of urea groups is 1. The van der Waals surface area contributed by atoms with Gasteiger partial charge in [-0.05, 0) is 29.7 Å². The molecule has 0 radical (unpaired) electrons. The van der Waals surface area contributed by atoms with Crippen molar-refractivity contribution >= 4 is 17.8 Å². The highest BCUT2D eigenvalue weighted by Gasteiger charge is 2.21. The number of ether oxygens (including phenoxy) is 1. The molecule has 0 unspecified atom stereocenters. The van der Waals surface area contributed by atoms with Crippen molar-refractivity contribution < 1.29 is 14.3 Å². The predicted molar refractivity (Wildman–Crippen MR) is 140 cm³/mol. The van der Waals surface area contributed by atoms with Crippen LogP contribution in [0, 0.1) is 0 Å². The minimum absolute atomic E-state index is 0.166. The molecule has 1 aromatic heterocycles. The number of benzene rings is 2. The van der Waals surface area contributed by atoms with E-state index in [1.165, 1.54) is 17.3 Å². The fourth-order valence-electron chi connectivity index (χ4n) is 4.39. The van der Waals surface area contributed by atoms with Crippen molar-refractivity contribution in [3.8, 4) is 0 Å². The molecule has 1 saturated heterocycles. The van der Waals surface area contributed by atoms with E-state index >= 15 is 0 Å². The number of primary amides is 1. The Bertz CT molecular complexity index is 1060. The van der Waals surface area contributed by atoms with Crippen LogP contribution in [0.4, 0.5) is 10.6 Å². The van der Waals surface area contributed by atoms with Crippen LogP contribution in [0.5, 0.6) is 0 Å². The number of amides is 3. The number of nitrogens with zero attached hydrogens (tertiary/aromatic N) is 3. The van der Waals surface area contributed by atoms with Crippen molar-refractivity contribution in [2.75, 3.05) is 51.3 Å². The van der Waals surface area contributed by atoms with Gasteiger partial charge in [-0.15, -0.1) is 0 Å². The number of aromatic nitrogens is 1. The van der Waals surface area contributed by atoms with E-state index in [0.717, 1.165) is 26.1 Å². The maximum atomic E-state index is 13.3. The van der Waals surface area contributed by atoms with Crippen LogP contribution >= 0.6 is 0 Å². The van der Waals surface area contributed by atoms with Gasteiger partial charge in [0.2, 0.25) is 5.91 Å². The molecule has 3 amide bonds. The van der Waals surface area contributed by atoms with Crippen molar-refractivity contribution in [3.05, 3.63) is 95.7 Å². The quantitative estimate of drug-likeness (QED) is 0.455. The van der Waals surface area contributed by atoms with Crippen LogP contribution in [0.25, 0.3) is 0 Å². The zero-order chi connectivity index (χ0) is 25.2. The zero-order valence-corrected chi connectivity index (χ0v) is 20.4. The van der Waals surface area contributed by atoms with Gasteiger partial charge in [-0.25, -0.2) is 9.78 Å². The van der Waals surface area contributed by atoms with Crippen molar-refractivity contribution in [3.63, 3.8) is 0 Å². The van der Waals surface area contributed by atoms with Crippen LogP contribution < -0.4 is 11.1 Å². The van der Waals surface area contributed by atoms with Gasteiger partial charge in [-0.1, -0.05) is 60.7 Å². The maximum absolute atomic E-state index is 13.3. The summed E-state index contributed by atoms with van der Waals surface area (Å²) in [6.45, 7) is 5.08. The molecule has 3 N–H and O–H groups in total. The monoisotopic (exact) mass is 487 g/mol. The number of hydrogen-bond donors (Lipinski definition) is 2. The van der Waals surface area contributed by atoms with Crippen molar-refractivity contribution in [1.82, 2.24) is 14.8 Å². The Morgan fingerprint density at radius 3 is 2.14 bits per heavy atom. The zero-order valence-electron chi connectivity index (χ0n) is 20.4. The predicted octanol–water partition coefficient (Wildman–Crippen LogP) is 3.57. The SMILES string of the molecule is NC(=O)c1ccc(NC(=O)N(CCC(c2ccccc2)c2ccccc2)CCN2CCOCC2)nc1. The lowest BCUT2D eigenvalue weighted by molar-refractivity contribution is 0.0351. The third-order valence-corrected chi connectivity index (χ3v) is 6.45. The van der Waals surface area contributed by atoms with E-state index < -0.39 is 5.91 Å². The molecule has 1 fully saturated rings. The Labute approximate surface area is 212 Å². The third-order valence-electron chi connectivity index (χ3n) is 6.45. The molecular weight excluding hydrogens is 454 g/mol. The van der Waals surface area contributed by atoms with Gasteiger partial charge in [0.1, 0.15) is 5.82 Å². The normalized spacial score (nSPS) is 13.9. The fourth-order valence-corrected chi connectivity index (χ4v) is 4.39. The largest absolute Gasteiger partial charge is 0.379 e. The van der Waals surface area contributed by atoms with Gasteiger partial charge in [-0.2, -0.15) is 0 Å². The highest BCUT2D eigenvalue weighted by Crippen LogP contribution is 2.28. The third kappa shape index (κ3) is 7.13. The van der Waals surface area contributed by atoms with Gasteiger partial charge < -0.3 is 15.4 Å². The number of morpholine rings is 1. The highest BCUT2D eigenvalue weighted by atomic mass is 16.5. The smallest absolute Gasteiger partial charge is 0.323 e. The van der Waals surface area contributed by atoms with Gasteiger partial charge in [0.05, 0.1) is 18.8 Å². The number of carbonyl (C=O) groups excluding carboxylic acids is 2. The first-order chi connectivity index (χ1) is 17.6. The molecule has 8 nitrogen and oxygen atoms in total. The maximum Gasteiger partial charge on any atom is 0.323 e. The summed E-state index contributed by atoms with van der Waals surface area (Å²) in [5, 5.41) is 2.88. The van der Waals surface area contributed by atoms with Gasteiger partial charge in [0.25, 0.3) is 0 Å². The van der Waals surface area contributed by atoms with Gasteiger partial charge in [0, 0.05) is 44.8 Å². The molecule has 8 heteroatoms. The molecule has 4 rings (SSSR count). The average molecular weight is 488 g/mol. The second-order valence-corrected chi connectivity index (χ2v) is 8.83. The second kappa shape index (κ2) is 12.8. The summed E-state index contributed by atoms with van der Waals surface area (Å²) in [7, 11) is 0. The standard InChI is InChI=1S/C28H33N5O3/c29-27(34)24-11-12-26(30-21-24)31-28(35)33(16-15-32-17-19-36-20-18-32)14-13-25(22-7-3-1-4-8-22)23-9-5-2-6-10-23/h1-12,21,25H,13-20H2,(H2,29,34)(H,30,31,35). The summed E-state index contributed by atoms with van der Waals surface area (Å²) in [4.78, 5) is 33.0. The summed E-state index contributed by atoms with van der Waals surface area (Å²) >= 11 is 0. The molecule has 188 valence electrons. The first-order valence-electron chi connectivity index (χ1n) is 12.3. The molecule has 0 spiro atoms. The van der Waals surface area contributed by atoms with Crippen LogP contribution in [-0.2, 0) is 4.74 Å². The van der Waals surface area contributed by atoms with Crippen molar-refractivity contribution in [2.24, 2.45) is 5.73 Å². The number of carbonyl (C=O) groups is 2. The van der Waals surface area contributed by atoms with Gasteiger partial charge in [-0.3, -0.25) is 15.0 Å². The molecule has 0 bridgehead atoms. The molecule has 3 aromatic rings. The molecule has 1 aliphatic rings. The Kier molecular flexibility index (Phi) is 9.02. The van der Waals surface area contributed by atoms with Gasteiger partial charge in [0.15, 0.2) is 0 Å². The van der Waals surface area contributed by atoms with E-state index in [1.54, 1.807) is 12.1 Å². The summed E-state index contributed by atoms with van der Waals surface area (Å²) in [5.41, 5.74) is 8.04. The minimum Gasteiger partial charge on any atom is -0.379 e. The Hall–Kier alpha value is -3.75. The minimum atomic E-state index is -0.555. The van der Waals surface area contributed by atoms with Crippen LogP contribution in [0.2, 0.25) is 0 Å². The van der Waals surface area contributed by atoms with Crippen LogP contribution in [0.15, 0.2) is 79.0 Å². The first-order valence-corrected chi connectivity index (χ1v) is 12.3. The van der Waals surface area contributed by atoms with E-state index in [4.69, 9.17) is 10.5 Å². The molecule has 0 aliphatic carbocycles. The molecule has 0 saturated carbocycles. The van der Waals surface area contributed by atoms with Crippen LogP contribution in [0.3, 0.4) is 0 Å².